The number of hydrogen-bond acceptors (Lipinski definition) is 4. The minimum atomic E-state index is -0.393. The zero-order chi connectivity index (χ0) is 13.7. The molecule has 0 bridgehead atoms. The predicted molar refractivity (Wildman–Crippen MR) is 71.5 cm³/mol. The van der Waals surface area contributed by atoms with Crippen molar-refractivity contribution >= 4 is 12.3 Å². The molecule has 0 radical (unpaired) electrons. The smallest absolute Gasteiger partial charge is 0.357 e. The van der Waals surface area contributed by atoms with Crippen LogP contribution in [0.1, 0.15) is 43.0 Å². The van der Waals surface area contributed by atoms with Crippen LogP contribution in [-0.4, -0.2) is 29.4 Å². The number of aldehydes is 1. The maximum absolute atomic E-state index is 12.0. The molecule has 1 aliphatic heterocycles. The summed E-state index contributed by atoms with van der Waals surface area (Å²) in [4.78, 5) is 28.5. The first kappa shape index (κ1) is 13.7. The van der Waals surface area contributed by atoms with Crippen molar-refractivity contribution in [2.45, 2.75) is 44.7 Å². The van der Waals surface area contributed by atoms with Gasteiger partial charge in [-0.2, -0.15) is 0 Å². The van der Waals surface area contributed by atoms with Crippen molar-refractivity contribution in [3.8, 4) is 0 Å². The van der Waals surface area contributed by atoms with E-state index in [-0.39, 0.29) is 12.1 Å². The Morgan fingerprint density at radius 1 is 1.37 bits per heavy atom. The summed E-state index contributed by atoms with van der Waals surface area (Å²) in [6, 6.07) is 8.72. The highest BCUT2D eigenvalue weighted by Gasteiger charge is 2.36. The van der Waals surface area contributed by atoms with Crippen LogP contribution in [0.5, 0.6) is 0 Å². The van der Waals surface area contributed by atoms with Crippen molar-refractivity contribution in [1.29, 1.82) is 0 Å². The highest BCUT2D eigenvalue weighted by atomic mass is 16.7. The van der Waals surface area contributed by atoms with E-state index in [9.17, 15) is 9.59 Å². The van der Waals surface area contributed by atoms with Gasteiger partial charge in [0, 0.05) is 6.04 Å². The Morgan fingerprint density at radius 3 is 2.74 bits per heavy atom. The van der Waals surface area contributed by atoms with Crippen molar-refractivity contribution in [1.82, 2.24) is 5.06 Å². The zero-order valence-electron chi connectivity index (χ0n) is 11.1. The number of hydroxylamine groups is 2. The van der Waals surface area contributed by atoms with Crippen LogP contribution in [-0.2, 0) is 9.63 Å². The molecule has 0 spiro atoms. The molecular weight excluding hydrogens is 242 g/mol. The largest absolute Gasteiger partial charge is 0.363 e. The van der Waals surface area contributed by atoms with Crippen molar-refractivity contribution in [3.05, 3.63) is 35.9 Å². The molecule has 1 fully saturated rings. The summed E-state index contributed by atoms with van der Waals surface area (Å²) >= 11 is 0. The van der Waals surface area contributed by atoms with Crippen LogP contribution in [0.4, 0.5) is 0 Å². The lowest BCUT2D eigenvalue weighted by Crippen LogP contribution is -2.38. The second-order valence-electron chi connectivity index (χ2n) is 4.83. The minimum Gasteiger partial charge on any atom is -0.363 e. The molecule has 4 nitrogen and oxygen atoms in total. The van der Waals surface area contributed by atoms with Gasteiger partial charge in [-0.25, -0.2) is 4.79 Å². The van der Waals surface area contributed by atoms with Gasteiger partial charge < -0.3 is 9.63 Å². The molecule has 0 unspecified atom stereocenters. The molecular formula is C15H19NO3. The van der Waals surface area contributed by atoms with Crippen LogP contribution < -0.4 is 0 Å². The third-order valence-corrected chi connectivity index (χ3v) is 3.46. The molecule has 4 heteroatoms. The molecule has 0 aromatic heterocycles. The molecule has 0 aliphatic carbocycles. The van der Waals surface area contributed by atoms with Crippen LogP contribution in [0, 0.1) is 0 Å². The van der Waals surface area contributed by atoms with E-state index < -0.39 is 5.97 Å². The number of carbonyl (C=O) groups excluding carboxylic acids is 2. The highest BCUT2D eigenvalue weighted by Crippen LogP contribution is 2.27. The van der Waals surface area contributed by atoms with Gasteiger partial charge in [-0.05, 0) is 31.4 Å². The molecule has 1 saturated heterocycles. The number of hydrogen-bond donors (Lipinski definition) is 0. The zero-order valence-corrected chi connectivity index (χ0v) is 11.1. The fraction of sp³-hybridized carbons (Fsp3) is 0.467. The van der Waals surface area contributed by atoms with E-state index in [0.29, 0.717) is 5.56 Å². The molecule has 1 aliphatic rings. The summed E-state index contributed by atoms with van der Waals surface area (Å²) < 4.78 is 0. The molecule has 102 valence electrons. The van der Waals surface area contributed by atoms with Crippen LogP contribution in [0.25, 0.3) is 0 Å². The second-order valence-corrected chi connectivity index (χ2v) is 4.83. The summed E-state index contributed by atoms with van der Waals surface area (Å²) in [5.74, 6) is -0.393. The van der Waals surface area contributed by atoms with Crippen molar-refractivity contribution < 1.29 is 14.4 Å². The third kappa shape index (κ3) is 3.20. The molecule has 1 heterocycles. The first-order chi connectivity index (χ1) is 9.26. The molecule has 1 aromatic rings. The topological polar surface area (TPSA) is 46.6 Å². The maximum Gasteiger partial charge on any atom is 0.357 e. The van der Waals surface area contributed by atoms with Crippen molar-refractivity contribution in [2.24, 2.45) is 0 Å². The maximum atomic E-state index is 12.0. The Kier molecular flexibility index (Phi) is 4.68. The molecule has 19 heavy (non-hydrogen) atoms. The van der Waals surface area contributed by atoms with E-state index in [2.05, 4.69) is 6.92 Å². The predicted octanol–water partition coefficient (Wildman–Crippen LogP) is 2.59. The average Bonchev–Trinajstić information content (AvgIpc) is 2.82. The van der Waals surface area contributed by atoms with Gasteiger partial charge in [0.15, 0.2) is 0 Å². The Hall–Kier alpha value is -1.68. The Morgan fingerprint density at radius 2 is 2.11 bits per heavy atom. The third-order valence-electron chi connectivity index (χ3n) is 3.46. The Labute approximate surface area is 113 Å². The minimum absolute atomic E-state index is 0.160. The SMILES string of the molecule is CCC[C@@H]1CC[C@H](C=O)N1OC(=O)c1ccccc1. The van der Waals surface area contributed by atoms with Gasteiger partial charge in [-0.15, -0.1) is 5.06 Å². The van der Waals surface area contributed by atoms with Gasteiger partial charge in [-0.1, -0.05) is 31.5 Å². The summed E-state index contributed by atoms with van der Waals surface area (Å²) in [5.41, 5.74) is 0.509. The summed E-state index contributed by atoms with van der Waals surface area (Å²) in [5, 5.41) is 1.59. The fourth-order valence-electron chi connectivity index (χ4n) is 2.49. The van der Waals surface area contributed by atoms with Gasteiger partial charge >= 0.3 is 5.97 Å². The number of benzene rings is 1. The van der Waals surface area contributed by atoms with Gasteiger partial charge in [-0.3, -0.25) is 0 Å². The van der Waals surface area contributed by atoms with Crippen LogP contribution in [0.3, 0.4) is 0 Å². The highest BCUT2D eigenvalue weighted by molar-refractivity contribution is 5.89. The fourth-order valence-corrected chi connectivity index (χ4v) is 2.49. The lowest BCUT2D eigenvalue weighted by atomic mass is 10.1. The molecule has 1 aromatic carbocycles. The molecule has 0 N–H and O–H groups in total. The lowest BCUT2D eigenvalue weighted by molar-refractivity contribution is -0.152. The standard InChI is InChI=1S/C15H19NO3/c1-2-6-13-9-10-14(11-17)16(13)19-15(18)12-7-4-3-5-8-12/h3-5,7-8,11,13-14H,2,6,9-10H2,1H3/t13-,14-/m1/s1. The van der Waals surface area contributed by atoms with Gasteiger partial charge in [0.1, 0.15) is 12.3 Å². The van der Waals surface area contributed by atoms with E-state index in [4.69, 9.17) is 4.84 Å². The van der Waals surface area contributed by atoms with Gasteiger partial charge in [0.05, 0.1) is 5.56 Å². The monoisotopic (exact) mass is 261 g/mol. The Balaban J connectivity index is 2.06. The molecule has 0 amide bonds. The first-order valence-corrected chi connectivity index (χ1v) is 6.77. The summed E-state index contributed by atoms with van der Waals surface area (Å²) in [7, 11) is 0. The van der Waals surface area contributed by atoms with E-state index in [1.54, 1.807) is 29.3 Å². The average molecular weight is 261 g/mol. The van der Waals surface area contributed by atoms with Crippen molar-refractivity contribution in [3.63, 3.8) is 0 Å². The molecule has 2 rings (SSSR count). The van der Waals surface area contributed by atoms with E-state index >= 15 is 0 Å². The number of rotatable bonds is 5. The summed E-state index contributed by atoms with van der Waals surface area (Å²) in [6.45, 7) is 2.09. The summed E-state index contributed by atoms with van der Waals surface area (Å²) in [6.07, 6.45) is 4.48. The van der Waals surface area contributed by atoms with Crippen LogP contribution >= 0.6 is 0 Å². The van der Waals surface area contributed by atoms with E-state index in [1.165, 1.54) is 0 Å². The lowest BCUT2D eigenvalue weighted by Gasteiger charge is -2.25. The van der Waals surface area contributed by atoms with Crippen LogP contribution in [0.15, 0.2) is 30.3 Å². The second kappa shape index (κ2) is 6.48. The van der Waals surface area contributed by atoms with Gasteiger partial charge in [0.25, 0.3) is 0 Å². The molecule has 2 atom stereocenters. The number of nitrogens with zero attached hydrogens (tertiary/aromatic N) is 1. The van der Waals surface area contributed by atoms with E-state index in [1.807, 2.05) is 6.07 Å². The quantitative estimate of drug-likeness (QED) is 0.764. The normalized spacial score (nSPS) is 23.2. The van der Waals surface area contributed by atoms with Gasteiger partial charge in [0.2, 0.25) is 0 Å². The van der Waals surface area contributed by atoms with Crippen LogP contribution in [0.2, 0.25) is 0 Å². The number of carbonyl (C=O) groups is 2. The Bertz CT molecular complexity index is 432. The molecule has 0 saturated carbocycles. The first-order valence-electron chi connectivity index (χ1n) is 6.77. The van der Waals surface area contributed by atoms with Crippen molar-refractivity contribution in [2.75, 3.05) is 0 Å². The van der Waals surface area contributed by atoms with E-state index in [0.717, 1.165) is 32.0 Å².